The van der Waals surface area contributed by atoms with Crippen molar-refractivity contribution in [3.8, 4) is 5.75 Å². The van der Waals surface area contributed by atoms with Gasteiger partial charge in [0, 0.05) is 42.3 Å². The fourth-order valence-electron chi connectivity index (χ4n) is 4.80. The number of carbonyl (C=O) groups excluding carboxylic acids is 2. The number of methoxy groups -OCH3 is 1. The maximum Gasteiger partial charge on any atom is 0.229 e. The molecule has 0 bridgehead atoms. The van der Waals surface area contributed by atoms with Gasteiger partial charge in [-0.1, -0.05) is 6.07 Å². The number of aryl methyl sites for hydroxylation is 2. The van der Waals surface area contributed by atoms with E-state index in [1.807, 2.05) is 35.4 Å². The summed E-state index contributed by atoms with van der Waals surface area (Å²) in [6.45, 7) is 1.08. The van der Waals surface area contributed by atoms with E-state index >= 15 is 0 Å². The van der Waals surface area contributed by atoms with Crippen molar-refractivity contribution in [2.24, 2.45) is 5.92 Å². The highest BCUT2D eigenvalue weighted by Gasteiger charge is 2.34. The van der Waals surface area contributed by atoms with Crippen LogP contribution in [-0.4, -0.2) is 41.9 Å². The van der Waals surface area contributed by atoms with Crippen LogP contribution >= 0.6 is 0 Å². The van der Waals surface area contributed by atoms with Crippen LogP contribution in [0.3, 0.4) is 0 Å². The zero-order valence-electron chi connectivity index (χ0n) is 17.7. The number of amides is 2. The average Bonchev–Trinajstić information content (AvgIpc) is 3.49. The van der Waals surface area contributed by atoms with Crippen molar-refractivity contribution in [1.29, 1.82) is 0 Å². The van der Waals surface area contributed by atoms with Gasteiger partial charge in [0.25, 0.3) is 0 Å². The second-order valence-corrected chi connectivity index (χ2v) is 8.54. The highest BCUT2D eigenvalue weighted by Crippen LogP contribution is 2.27. The van der Waals surface area contributed by atoms with Crippen LogP contribution in [0.2, 0.25) is 0 Å². The monoisotopic (exact) mass is 417 g/mol. The first kappa shape index (κ1) is 19.7. The highest BCUT2D eigenvalue weighted by molar-refractivity contribution is 5.97. The lowest BCUT2D eigenvalue weighted by Gasteiger charge is -2.16. The smallest absolute Gasteiger partial charge is 0.229 e. The first-order chi connectivity index (χ1) is 15.1. The highest BCUT2D eigenvalue weighted by atomic mass is 16.5. The van der Waals surface area contributed by atoms with Crippen LogP contribution in [0, 0.1) is 5.92 Å². The molecule has 1 aliphatic heterocycles. The molecule has 0 spiro atoms. The number of ether oxygens (including phenoxy) is 1. The van der Waals surface area contributed by atoms with Gasteiger partial charge in [0.1, 0.15) is 5.75 Å². The number of H-pyrrole nitrogens is 1. The van der Waals surface area contributed by atoms with Crippen molar-refractivity contribution >= 4 is 28.4 Å². The summed E-state index contributed by atoms with van der Waals surface area (Å²) in [7, 11) is 1.66. The largest absolute Gasteiger partial charge is 0.497 e. The van der Waals surface area contributed by atoms with E-state index in [0.717, 1.165) is 47.2 Å². The van der Waals surface area contributed by atoms with Gasteiger partial charge in [-0.2, -0.15) is 0 Å². The fraction of sp³-hybridized carbons (Fsp3) is 0.360. The number of anilines is 1. The van der Waals surface area contributed by atoms with Crippen molar-refractivity contribution in [2.75, 3.05) is 25.5 Å². The SMILES string of the molecule is COc1ccc2[nH]cc(CCN3C[C@H](C(=O)Nc4ccc5c(c4)CCC5)CC3=O)c2c1. The van der Waals surface area contributed by atoms with Gasteiger partial charge in [-0.25, -0.2) is 0 Å². The van der Waals surface area contributed by atoms with Gasteiger partial charge in [0.2, 0.25) is 11.8 Å². The molecule has 2 amide bonds. The standard InChI is InChI=1S/C25H27N3O3/c1-31-21-7-8-23-22(13-21)18(14-26-23)9-10-28-15-19(12-24(28)29)25(30)27-20-6-5-16-3-2-4-17(16)11-20/h5-8,11,13-14,19,26H,2-4,9-10,12,15H2,1H3,(H,27,30)/t19-/m1/s1. The number of rotatable bonds is 6. The molecule has 1 saturated heterocycles. The predicted octanol–water partition coefficient (Wildman–Crippen LogP) is 3.69. The van der Waals surface area contributed by atoms with Crippen LogP contribution in [0.1, 0.15) is 29.5 Å². The number of carbonyl (C=O) groups is 2. The van der Waals surface area contributed by atoms with Crippen molar-refractivity contribution < 1.29 is 14.3 Å². The van der Waals surface area contributed by atoms with E-state index in [1.54, 1.807) is 7.11 Å². The molecule has 0 saturated carbocycles. The van der Waals surface area contributed by atoms with E-state index in [9.17, 15) is 9.59 Å². The Morgan fingerprint density at radius 2 is 2.06 bits per heavy atom. The van der Waals surface area contributed by atoms with E-state index in [0.29, 0.717) is 13.1 Å². The van der Waals surface area contributed by atoms with E-state index in [-0.39, 0.29) is 24.2 Å². The fourth-order valence-corrected chi connectivity index (χ4v) is 4.80. The molecule has 0 radical (unpaired) electrons. The number of fused-ring (bicyclic) bond motifs is 2. The molecule has 1 fully saturated rings. The average molecular weight is 418 g/mol. The molecular weight excluding hydrogens is 390 g/mol. The molecule has 31 heavy (non-hydrogen) atoms. The number of nitrogens with zero attached hydrogens (tertiary/aromatic N) is 1. The van der Waals surface area contributed by atoms with E-state index in [2.05, 4.69) is 22.4 Å². The quantitative estimate of drug-likeness (QED) is 0.642. The summed E-state index contributed by atoms with van der Waals surface area (Å²) in [6.07, 6.45) is 6.38. The Bertz CT molecular complexity index is 1150. The van der Waals surface area contributed by atoms with E-state index in [4.69, 9.17) is 4.74 Å². The number of benzene rings is 2. The first-order valence-corrected chi connectivity index (χ1v) is 10.9. The maximum absolute atomic E-state index is 12.8. The lowest BCUT2D eigenvalue weighted by Crippen LogP contribution is -2.30. The summed E-state index contributed by atoms with van der Waals surface area (Å²) in [5.74, 6) is 0.495. The normalized spacial score (nSPS) is 17.9. The van der Waals surface area contributed by atoms with Gasteiger partial charge >= 0.3 is 0 Å². The Morgan fingerprint density at radius 1 is 1.19 bits per heavy atom. The molecule has 160 valence electrons. The number of nitrogens with one attached hydrogen (secondary N) is 2. The lowest BCUT2D eigenvalue weighted by atomic mass is 10.1. The third kappa shape index (κ3) is 3.90. The summed E-state index contributed by atoms with van der Waals surface area (Å²) in [5.41, 5.74) is 5.75. The van der Waals surface area contributed by atoms with E-state index < -0.39 is 0 Å². The molecule has 3 aromatic rings. The number of aromatic amines is 1. The molecule has 6 heteroatoms. The van der Waals surface area contributed by atoms with Crippen molar-refractivity contribution in [2.45, 2.75) is 32.1 Å². The van der Waals surface area contributed by atoms with Crippen molar-refractivity contribution in [3.05, 3.63) is 59.3 Å². The minimum Gasteiger partial charge on any atom is -0.497 e. The summed E-state index contributed by atoms with van der Waals surface area (Å²) in [6, 6.07) is 12.1. The Balaban J connectivity index is 1.21. The third-order valence-electron chi connectivity index (χ3n) is 6.58. The van der Waals surface area contributed by atoms with Crippen LogP contribution in [0.4, 0.5) is 5.69 Å². The van der Waals surface area contributed by atoms with Crippen molar-refractivity contribution in [3.63, 3.8) is 0 Å². The summed E-state index contributed by atoms with van der Waals surface area (Å²) < 4.78 is 5.33. The van der Waals surface area contributed by atoms with Crippen LogP contribution in [0.15, 0.2) is 42.6 Å². The summed E-state index contributed by atoms with van der Waals surface area (Å²) in [5, 5.41) is 4.13. The zero-order chi connectivity index (χ0) is 21.4. The lowest BCUT2D eigenvalue weighted by molar-refractivity contribution is -0.128. The molecule has 1 aromatic heterocycles. The van der Waals surface area contributed by atoms with Gasteiger partial charge in [-0.15, -0.1) is 0 Å². The molecule has 1 atom stereocenters. The van der Waals surface area contributed by atoms with Gasteiger partial charge in [0.15, 0.2) is 0 Å². The molecule has 0 unspecified atom stereocenters. The molecule has 2 aliphatic rings. The Labute approximate surface area is 181 Å². The molecule has 5 rings (SSSR count). The minimum absolute atomic E-state index is 0.0477. The topological polar surface area (TPSA) is 74.4 Å². The molecule has 6 nitrogen and oxygen atoms in total. The maximum atomic E-state index is 12.8. The number of likely N-dealkylation sites (tertiary alicyclic amines) is 1. The predicted molar refractivity (Wildman–Crippen MR) is 120 cm³/mol. The molecule has 2 aromatic carbocycles. The van der Waals surface area contributed by atoms with E-state index in [1.165, 1.54) is 17.5 Å². The molecule has 2 N–H and O–H groups in total. The summed E-state index contributed by atoms with van der Waals surface area (Å²) >= 11 is 0. The van der Waals surface area contributed by atoms with Gasteiger partial charge in [0.05, 0.1) is 13.0 Å². The molecule has 2 heterocycles. The van der Waals surface area contributed by atoms with Crippen LogP contribution < -0.4 is 10.1 Å². The van der Waals surface area contributed by atoms with Crippen LogP contribution in [-0.2, 0) is 28.9 Å². The minimum atomic E-state index is -0.302. The van der Waals surface area contributed by atoms with Gasteiger partial charge < -0.3 is 19.9 Å². The first-order valence-electron chi connectivity index (χ1n) is 10.9. The number of hydrogen-bond donors (Lipinski definition) is 2. The zero-order valence-corrected chi connectivity index (χ0v) is 17.7. The van der Waals surface area contributed by atoms with Gasteiger partial charge in [-0.3, -0.25) is 9.59 Å². The Kier molecular flexibility index (Phi) is 5.14. The second kappa shape index (κ2) is 8.10. The summed E-state index contributed by atoms with van der Waals surface area (Å²) in [4.78, 5) is 30.4. The molecular formula is C25H27N3O3. The third-order valence-corrected chi connectivity index (χ3v) is 6.58. The van der Waals surface area contributed by atoms with Gasteiger partial charge in [-0.05, 0) is 72.7 Å². The number of aromatic nitrogens is 1. The Hall–Kier alpha value is -3.28. The molecule has 1 aliphatic carbocycles. The van der Waals surface area contributed by atoms with Crippen LogP contribution in [0.25, 0.3) is 10.9 Å². The Morgan fingerprint density at radius 3 is 2.94 bits per heavy atom. The van der Waals surface area contributed by atoms with Crippen LogP contribution in [0.5, 0.6) is 5.75 Å². The number of hydrogen-bond acceptors (Lipinski definition) is 3. The second-order valence-electron chi connectivity index (χ2n) is 8.54. The van der Waals surface area contributed by atoms with Crippen molar-refractivity contribution in [1.82, 2.24) is 9.88 Å².